The molecular formula is C11H13N3O2. The van der Waals surface area contributed by atoms with Crippen LogP contribution >= 0.6 is 0 Å². The van der Waals surface area contributed by atoms with Crippen LogP contribution in [-0.4, -0.2) is 37.9 Å². The number of hydrogen-bond donors (Lipinski definition) is 0. The van der Waals surface area contributed by atoms with E-state index in [4.69, 9.17) is 14.7 Å². The lowest BCUT2D eigenvalue weighted by atomic mass is 10.2. The van der Waals surface area contributed by atoms with Crippen LogP contribution in [0.25, 0.3) is 0 Å². The van der Waals surface area contributed by atoms with Crippen molar-refractivity contribution in [3.63, 3.8) is 0 Å². The number of ether oxygens (including phenoxy) is 2. The first-order chi connectivity index (χ1) is 7.83. The SMILES string of the molecule is COc1cc(N2CCOC(C#N)C2)ccn1. The van der Waals surface area contributed by atoms with Gasteiger partial charge in [0.2, 0.25) is 5.88 Å². The number of nitrogens with zero attached hydrogens (tertiary/aromatic N) is 3. The molecule has 1 aliphatic rings. The van der Waals surface area contributed by atoms with E-state index in [1.54, 1.807) is 13.3 Å². The molecule has 0 aliphatic carbocycles. The minimum Gasteiger partial charge on any atom is -0.481 e. The highest BCUT2D eigenvalue weighted by atomic mass is 16.5. The maximum Gasteiger partial charge on any atom is 0.214 e. The second-order valence-corrected chi connectivity index (χ2v) is 3.49. The Morgan fingerprint density at radius 1 is 1.69 bits per heavy atom. The molecule has 5 nitrogen and oxygen atoms in total. The summed E-state index contributed by atoms with van der Waals surface area (Å²) in [6.07, 6.45) is 1.35. The molecule has 0 aromatic carbocycles. The Hall–Kier alpha value is -1.80. The quantitative estimate of drug-likeness (QED) is 0.737. The summed E-state index contributed by atoms with van der Waals surface area (Å²) in [5.41, 5.74) is 1.01. The van der Waals surface area contributed by atoms with E-state index in [2.05, 4.69) is 16.0 Å². The fourth-order valence-electron chi connectivity index (χ4n) is 1.67. The van der Waals surface area contributed by atoms with Crippen LogP contribution in [0.1, 0.15) is 0 Å². The summed E-state index contributed by atoms with van der Waals surface area (Å²) >= 11 is 0. The average molecular weight is 219 g/mol. The molecule has 1 saturated heterocycles. The van der Waals surface area contributed by atoms with Gasteiger partial charge in [0, 0.05) is 24.5 Å². The molecule has 1 unspecified atom stereocenters. The third-order valence-electron chi connectivity index (χ3n) is 2.50. The largest absolute Gasteiger partial charge is 0.481 e. The van der Waals surface area contributed by atoms with E-state index in [0.29, 0.717) is 19.0 Å². The molecule has 1 atom stereocenters. The zero-order chi connectivity index (χ0) is 11.4. The highest BCUT2D eigenvalue weighted by Gasteiger charge is 2.20. The van der Waals surface area contributed by atoms with Crippen LogP contribution in [0.2, 0.25) is 0 Å². The number of anilines is 1. The fraction of sp³-hybridized carbons (Fsp3) is 0.455. The lowest BCUT2D eigenvalue weighted by Crippen LogP contribution is -2.41. The van der Waals surface area contributed by atoms with Gasteiger partial charge in [-0.3, -0.25) is 0 Å². The Balaban J connectivity index is 2.14. The van der Waals surface area contributed by atoms with Crippen LogP contribution in [0.4, 0.5) is 5.69 Å². The van der Waals surface area contributed by atoms with Gasteiger partial charge >= 0.3 is 0 Å². The van der Waals surface area contributed by atoms with Crippen molar-refractivity contribution in [3.05, 3.63) is 18.3 Å². The second-order valence-electron chi connectivity index (χ2n) is 3.49. The first kappa shape index (κ1) is 10.7. The van der Waals surface area contributed by atoms with E-state index >= 15 is 0 Å². The van der Waals surface area contributed by atoms with Crippen molar-refractivity contribution in [2.45, 2.75) is 6.10 Å². The van der Waals surface area contributed by atoms with Crippen molar-refractivity contribution in [3.8, 4) is 11.9 Å². The molecule has 0 radical (unpaired) electrons. The van der Waals surface area contributed by atoms with Crippen LogP contribution in [-0.2, 0) is 4.74 Å². The molecule has 0 spiro atoms. The monoisotopic (exact) mass is 219 g/mol. The van der Waals surface area contributed by atoms with E-state index in [1.807, 2.05) is 12.1 Å². The van der Waals surface area contributed by atoms with Gasteiger partial charge in [-0.2, -0.15) is 5.26 Å². The third kappa shape index (κ3) is 2.23. The van der Waals surface area contributed by atoms with Gasteiger partial charge in [0.1, 0.15) is 0 Å². The number of pyridine rings is 1. The van der Waals surface area contributed by atoms with Crippen molar-refractivity contribution in [2.24, 2.45) is 0 Å². The average Bonchev–Trinajstić information content (AvgIpc) is 2.39. The van der Waals surface area contributed by atoms with Gasteiger partial charge in [0.25, 0.3) is 0 Å². The topological polar surface area (TPSA) is 58.4 Å². The standard InChI is InChI=1S/C11H13N3O2/c1-15-11-6-9(2-3-13-11)14-4-5-16-10(7-12)8-14/h2-3,6,10H,4-5,8H2,1H3. The van der Waals surface area contributed by atoms with Gasteiger partial charge in [-0.15, -0.1) is 0 Å². The van der Waals surface area contributed by atoms with Gasteiger partial charge in [0.15, 0.2) is 6.10 Å². The van der Waals surface area contributed by atoms with Crippen LogP contribution in [0, 0.1) is 11.3 Å². The van der Waals surface area contributed by atoms with Crippen molar-refractivity contribution in [1.29, 1.82) is 5.26 Å². The molecule has 84 valence electrons. The number of aromatic nitrogens is 1. The maximum absolute atomic E-state index is 8.82. The zero-order valence-electron chi connectivity index (χ0n) is 9.09. The smallest absolute Gasteiger partial charge is 0.214 e. The van der Waals surface area contributed by atoms with E-state index in [0.717, 1.165) is 12.2 Å². The fourth-order valence-corrected chi connectivity index (χ4v) is 1.67. The minimum absolute atomic E-state index is 0.354. The minimum atomic E-state index is -0.354. The molecule has 2 rings (SSSR count). The Morgan fingerprint density at radius 2 is 2.56 bits per heavy atom. The van der Waals surface area contributed by atoms with E-state index in [1.165, 1.54) is 0 Å². The molecule has 1 aromatic heterocycles. The summed E-state index contributed by atoms with van der Waals surface area (Å²) in [5.74, 6) is 0.581. The molecule has 2 heterocycles. The lowest BCUT2D eigenvalue weighted by Gasteiger charge is -2.31. The highest BCUT2D eigenvalue weighted by molar-refractivity contribution is 5.48. The summed E-state index contributed by atoms with van der Waals surface area (Å²) in [5, 5.41) is 8.82. The van der Waals surface area contributed by atoms with Crippen LogP contribution in [0.3, 0.4) is 0 Å². The lowest BCUT2D eigenvalue weighted by molar-refractivity contribution is 0.0764. The van der Waals surface area contributed by atoms with Crippen LogP contribution in [0.15, 0.2) is 18.3 Å². The molecule has 1 aromatic rings. The van der Waals surface area contributed by atoms with Crippen molar-refractivity contribution < 1.29 is 9.47 Å². The summed E-state index contributed by atoms with van der Waals surface area (Å²) in [6.45, 7) is 1.94. The predicted molar refractivity (Wildman–Crippen MR) is 58.4 cm³/mol. The number of hydrogen-bond acceptors (Lipinski definition) is 5. The molecule has 1 aliphatic heterocycles. The molecule has 16 heavy (non-hydrogen) atoms. The Morgan fingerprint density at radius 3 is 3.31 bits per heavy atom. The van der Waals surface area contributed by atoms with Gasteiger partial charge in [-0.25, -0.2) is 4.98 Å². The third-order valence-corrected chi connectivity index (χ3v) is 2.50. The number of methoxy groups -OCH3 is 1. The molecule has 5 heteroatoms. The normalized spacial score (nSPS) is 20.2. The molecule has 1 fully saturated rings. The first-order valence-electron chi connectivity index (χ1n) is 5.09. The van der Waals surface area contributed by atoms with Crippen LogP contribution < -0.4 is 9.64 Å². The number of nitriles is 1. The summed E-state index contributed by atoms with van der Waals surface area (Å²) < 4.78 is 10.4. The van der Waals surface area contributed by atoms with E-state index in [9.17, 15) is 0 Å². The highest BCUT2D eigenvalue weighted by Crippen LogP contribution is 2.20. The first-order valence-corrected chi connectivity index (χ1v) is 5.09. The molecule has 0 saturated carbocycles. The van der Waals surface area contributed by atoms with E-state index < -0.39 is 0 Å². The maximum atomic E-state index is 8.82. The van der Waals surface area contributed by atoms with Gasteiger partial charge in [0.05, 0.1) is 26.3 Å². The predicted octanol–water partition coefficient (Wildman–Crippen LogP) is 0.819. The Bertz CT molecular complexity index is 402. The second kappa shape index (κ2) is 4.81. The van der Waals surface area contributed by atoms with Gasteiger partial charge < -0.3 is 14.4 Å². The number of morpholine rings is 1. The Kier molecular flexibility index (Phi) is 3.22. The molecule has 0 amide bonds. The molecular weight excluding hydrogens is 206 g/mol. The Labute approximate surface area is 94.2 Å². The number of rotatable bonds is 2. The van der Waals surface area contributed by atoms with E-state index in [-0.39, 0.29) is 6.10 Å². The zero-order valence-corrected chi connectivity index (χ0v) is 9.09. The van der Waals surface area contributed by atoms with Crippen molar-refractivity contribution in [1.82, 2.24) is 4.98 Å². The van der Waals surface area contributed by atoms with Crippen molar-refractivity contribution in [2.75, 3.05) is 31.7 Å². The van der Waals surface area contributed by atoms with Crippen LogP contribution in [0.5, 0.6) is 5.88 Å². The summed E-state index contributed by atoms with van der Waals surface area (Å²) in [7, 11) is 1.59. The summed E-state index contributed by atoms with van der Waals surface area (Å²) in [4.78, 5) is 6.15. The van der Waals surface area contributed by atoms with Gasteiger partial charge in [-0.05, 0) is 6.07 Å². The molecule has 0 N–H and O–H groups in total. The van der Waals surface area contributed by atoms with Gasteiger partial charge in [-0.1, -0.05) is 0 Å². The summed E-state index contributed by atoms with van der Waals surface area (Å²) in [6, 6.07) is 5.89. The molecule has 0 bridgehead atoms. The van der Waals surface area contributed by atoms with Crippen molar-refractivity contribution >= 4 is 5.69 Å².